The monoisotopic (exact) mass is 411 g/mol. The minimum atomic E-state index is -0.613. The molecule has 1 saturated heterocycles. The molecule has 0 bridgehead atoms. The first kappa shape index (κ1) is 21.5. The first-order valence-electron chi connectivity index (χ1n) is 9.85. The highest BCUT2D eigenvalue weighted by atomic mass is 19.1. The van der Waals surface area contributed by atoms with Crippen LogP contribution < -0.4 is 10.2 Å². The van der Waals surface area contributed by atoms with Gasteiger partial charge in [0.05, 0.1) is 18.2 Å². The molecule has 1 atom stereocenters. The highest BCUT2D eigenvalue weighted by Gasteiger charge is 2.37. The first-order valence-corrected chi connectivity index (χ1v) is 9.85. The summed E-state index contributed by atoms with van der Waals surface area (Å²) >= 11 is 0. The molecule has 7 heteroatoms. The van der Waals surface area contributed by atoms with E-state index in [1.165, 1.54) is 29.0 Å². The Morgan fingerprint density at radius 1 is 1.17 bits per heavy atom. The number of para-hydroxylation sites is 1. The standard InChI is InChI=1S/C23H26FN3O3/c1-14-9-15(2)22(16(3)10-14)25-20(28)13-26(4)23(30)17-11-21(29)27(12-17)19-8-6-5-7-18(19)24/h5-10,17H,11-13H2,1-4H3,(H,25,28). The third kappa shape index (κ3) is 4.50. The molecule has 0 aliphatic carbocycles. The number of nitrogens with zero attached hydrogens (tertiary/aromatic N) is 2. The lowest BCUT2D eigenvalue weighted by atomic mass is 10.0. The molecule has 0 spiro atoms. The number of hydrogen-bond donors (Lipinski definition) is 1. The van der Waals surface area contributed by atoms with Gasteiger partial charge in [-0.2, -0.15) is 0 Å². The van der Waals surface area contributed by atoms with Crippen molar-refractivity contribution in [1.82, 2.24) is 4.90 Å². The van der Waals surface area contributed by atoms with E-state index < -0.39 is 11.7 Å². The lowest BCUT2D eigenvalue weighted by Gasteiger charge is -2.22. The van der Waals surface area contributed by atoms with Gasteiger partial charge in [0.1, 0.15) is 5.82 Å². The number of nitrogens with one attached hydrogen (secondary N) is 1. The average molecular weight is 411 g/mol. The van der Waals surface area contributed by atoms with E-state index in [0.29, 0.717) is 0 Å². The van der Waals surface area contributed by atoms with E-state index in [4.69, 9.17) is 0 Å². The maximum atomic E-state index is 14.0. The second-order valence-corrected chi connectivity index (χ2v) is 7.87. The zero-order chi connectivity index (χ0) is 22.0. The van der Waals surface area contributed by atoms with Gasteiger partial charge in [0.25, 0.3) is 0 Å². The van der Waals surface area contributed by atoms with Crippen molar-refractivity contribution in [1.29, 1.82) is 0 Å². The summed E-state index contributed by atoms with van der Waals surface area (Å²) in [6.45, 7) is 5.81. The molecule has 0 aromatic heterocycles. The fraction of sp³-hybridized carbons (Fsp3) is 0.348. The Morgan fingerprint density at radius 3 is 2.43 bits per heavy atom. The van der Waals surface area contributed by atoms with Crippen LogP contribution in [-0.4, -0.2) is 42.8 Å². The van der Waals surface area contributed by atoms with Crippen LogP contribution in [0.15, 0.2) is 36.4 Å². The Bertz CT molecular complexity index is 982. The number of hydrogen-bond acceptors (Lipinski definition) is 3. The predicted octanol–water partition coefficient (Wildman–Crippen LogP) is 3.20. The molecule has 1 aliphatic rings. The maximum Gasteiger partial charge on any atom is 0.243 e. The van der Waals surface area contributed by atoms with E-state index in [9.17, 15) is 18.8 Å². The van der Waals surface area contributed by atoms with E-state index in [1.54, 1.807) is 12.1 Å². The fourth-order valence-electron chi connectivity index (χ4n) is 3.94. The smallest absolute Gasteiger partial charge is 0.243 e. The van der Waals surface area contributed by atoms with Crippen LogP contribution in [0.2, 0.25) is 0 Å². The summed E-state index contributed by atoms with van der Waals surface area (Å²) in [5.74, 6) is -2.04. The number of amides is 3. The Labute approximate surface area is 175 Å². The zero-order valence-electron chi connectivity index (χ0n) is 17.7. The van der Waals surface area contributed by atoms with Crippen molar-refractivity contribution in [3.63, 3.8) is 0 Å². The van der Waals surface area contributed by atoms with Gasteiger partial charge in [-0.15, -0.1) is 0 Å². The van der Waals surface area contributed by atoms with Gasteiger partial charge in [-0.25, -0.2) is 4.39 Å². The molecule has 1 heterocycles. The van der Waals surface area contributed by atoms with Crippen molar-refractivity contribution in [2.45, 2.75) is 27.2 Å². The van der Waals surface area contributed by atoms with Gasteiger partial charge in [-0.3, -0.25) is 14.4 Å². The number of likely N-dealkylation sites (N-methyl/N-ethyl adjacent to an activating group) is 1. The van der Waals surface area contributed by atoms with Crippen LogP contribution in [0.25, 0.3) is 0 Å². The van der Waals surface area contributed by atoms with Crippen LogP contribution in [-0.2, 0) is 14.4 Å². The topological polar surface area (TPSA) is 69.7 Å². The van der Waals surface area contributed by atoms with Crippen molar-refractivity contribution in [2.75, 3.05) is 30.4 Å². The van der Waals surface area contributed by atoms with Crippen LogP contribution in [0, 0.1) is 32.5 Å². The number of rotatable bonds is 5. The summed E-state index contributed by atoms with van der Waals surface area (Å²) in [4.78, 5) is 40.2. The Hall–Kier alpha value is -3.22. The van der Waals surface area contributed by atoms with Gasteiger partial charge < -0.3 is 15.1 Å². The van der Waals surface area contributed by atoms with Crippen LogP contribution in [0.3, 0.4) is 0 Å². The van der Waals surface area contributed by atoms with Crippen molar-refractivity contribution >= 4 is 29.1 Å². The fourth-order valence-corrected chi connectivity index (χ4v) is 3.94. The SMILES string of the molecule is Cc1cc(C)c(NC(=O)CN(C)C(=O)C2CC(=O)N(c3ccccc3F)C2)c(C)c1. The first-order chi connectivity index (χ1) is 14.2. The number of halogens is 1. The Balaban J connectivity index is 1.63. The van der Waals surface area contributed by atoms with Crippen molar-refractivity contribution in [3.8, 4) is 0 Å². The minimum Gasteiger partial charge on any atom is -0.336 e. The molecule has 1 aliphatic heterocycles. The van der Waals surface area contributed by atoms with E-state index in [0.717, 1.165) is 22.4 Å². The van der Waals surface area contributed by atoms with Gasteiger partial charge in [0.2, 0.25) is 17.7 Å². The molecule has 3 rings (SSSR count). The van der Waals surface area contributed by atoms with Crippen LogP contribution in [0.4, 0.5) is 15.8 Å². The van der Waals surface area contributed by atoms with Crippen LogP contribution in [0.5, 0.6) is 0 Å². The van der Waals surface area contributed by atoms with Gasteiger partial charge in [-0.05, 0) is 44.0 Å². The summed E-state index contributed by atoms with van der Waals surface area (Å²) in [6, 6.07) is 9.96. The molecule has 30 heavy (non-hydrogen) atoms. The van der Waals surface area contributed by atoms with Gasteiger partial charge in [0, 0.05) is 25.7 Å². The van der Waals surface area contributed by atoms with Gasteiger partial charge in [-0.1, -0.05) is 29.8 Å². The van der Waals surface area contributed by atoms with E-state index in [2.05, 4.69) is 5.32 Å². The Morgan fingerprint density at radius 2 is 1.80 bits per heavy atom. The summed E-state index contributed by atoms with van der Waals surface area (Å²) in [7, 11) is 1.53. The molecule has 2 aromatic rings. The summed E-state index contributed by atoms with van der Waals surface area (Å²) in [5.41, 5.74) is 3.94. The highest BCUT2D eigenvalue weighted by molar-refractivity contribution is 6.01. The van der Waals surface area contributed by atoms with Gasteiger partial charge in [0.15, 0.2) is 0 Å². The molecule has 6 nitrogen and oxygen atoms in total. The van der Waals surface area contributed by atoms with E-state index in [-0.39, 0.29) is 42.9 Å². The minimum absolute atomic E-state index is 0.00466. The number of carbonyl (C=O) groups is 3. The largest absolute Gasteiger partial charge is 0.336 e. The normalized spacial score (nSPS) is 16.0. The zero-order valence-corrected chi connectivity index (χ0v) is 17.7. The summed E-state index contributed by atoms with van der Waals surface area (Å²) in [6.07, 6.45) is -0.00466. The van der Waals surface area contributed by atoms with Crippen LogP contribution in [0.1, 0.15) is 23.1 Å². The molecule has 3 amide bonds. The summed E-state index contributed by atoms with van der Waals surface area (Å²) < 4.78 is 14.0. The Kier molecular flexibility index (Phi) is 6.20. The van der Waals surface area contributed by atoms with Crippen molar-refractivity contribution < 1.29 is 18.8 Å². The lowest BCUT2D eigenvalue weighted by Crippen LogP contribution is -2.39. The second kappa shape index (κ2) is 8.65. The average Bonchev–Trinajstić information content (AvgIpc) is 3.05. The second-order valence-electron chi connectivity index (χ2n) is 7.87. The molecule has 1 unspecified atom stereocenters. The van der Waals surface area contributed by atoms with Crippen molar-refractivity contribution in [3.05, 3.63) is 58.9 Å². The number of aryl methyl sites for hydroxylation is 3. The number of carbonyl (C=O) groups excluding carboxylic acids is 3. The maximum absolute atomic E-state index is 14.0. The molecule has 0 saturated carbocycles. The molecule has 1 N–H and O–H groups in total. The lowest BCUT2D eigenvalue weighted by molar-refractivity contribution is -0.137. The van der Waals surface area contributed by atoms with E-state index in [1.807, 2.05) is 32.9 Å². The molecule has 0 radical (unpaired) electrons. The van der Waals surface area contributed by atoms with Crippen LogP contribution >= 0.6 is 0 Å². The van der Waals surface area contributed by atoms with E-state index >= 15 is 0 Å². The molecule has 158 valence electrons. The molecular weight excluding hydrogens is 385 g/mol. The number of anilines is 2. The van der Waals surface area contributed by atoms with Gasteiger partial charge >= 0.3 is 0 Å². The molecule has 1 fully saturated rings. The van der Waals surface area contributed by atoms with Crippen molar-refractivity contribution in [2.24, 2.45) is 5.92 Å². The highest BCUT2D eigenvalue weighted by Crippen LogP contribution is 2.28. The number of benzene rings is 2. The third-order valence-electron chi connectivity index (χ3n) is 5.32. The molecular formula is C23H26FN3O3. The quantitative estimate of drug-likeness (QED) is 0.822. The predicted molar refractivity (Wildman–Crippen MR) is 114 cm³/mol. The summed E-state index contributed by atoms with van der Waals surface area (Å²) in [5, 5.41) is 2.87. The third-order valence-corrected chi connectivity index (χ3v) is 5.32. The molecule has 2 aromatic carbocycles.